The Morgan fingerprint density at radius 1 is 0.964 bits per heavy atom. The highest BCUT2D eigenvalue weighted by Crippen LogP contribution is 2.32. The molecule has 5 rings (SSSR count). The molecule has 0 spiro atoms. The van der Waals surface area contributed by atoms with E-state index in [1.54, 1.807) is 19.2 Å². The number of para-hydroxylation sites is 1. The number of methoxy groups -OCH3 is 1. The minimum atomic E-state index is -0.255. The van der Waals surface area contributed by atoms with Crippen molar-refractivity contribution in [2.24, 2.45) is 0 Å². The molecule has 0 aliphatic carbocycles. The number of fused-ring (bicyclic) bond motifs is 1. The first kappa shape index (κ1) is 16.4. The molecule has 4 nitrogen and oxygen atoms in total. The van der Waals surface area contributed by atoms with Crippen LogP contribution < -0.4 is 4.74 Å². The number of hydrogen-bond donors (Lipinski definition) is 0. The van der Waals surface area contributed by atoms with Gasteiger partial charge in [-0.2, -0.15) is 8.97 Å². The third kappa shape index (κ3) is 2.60. The lowest BCUT2D eigenvalue weighted by Gasteiger charge is -2.10. The highest BCUT2D eigenvalue weighted by atomic mass is 19.1. The van der Waals surface area contributed by atoms with Crippen molar-refractivity contribution in [3.05, 3.63) is 90.4 Å². The van der Waals surface area contributed by atoms with Crippen molar-refractivity contribution in [3.63, 3.8) is 0 Å². The van der Waals surface area contributed by atoms with Crippen molar-refractivity contribution >= 4 is 22.3 Å². The molecular weight excluding hydrogens is 355 g/mol. The molecule has 5 heteroatoms. The minimum absolute atomic E-state index is 0.255. The Hall–Kier alpha value is -3.73. The van der Waals surface area contributed by atoms with E-state index in [9.17, 15) is 4.39 Å². The van der Waals surface area contributed by atoms with Crippen LogP contribution in [0.3, 0.4) is 0 Å². The van der Waals surface area contributed by atoms with Crippen LogP contribution in [0, 0.1) is 5.82 Å². The summed E-state index contributed by atoms with van der Waals surface area (Å²) in [6.45, 7) is 0. The number of rotatable bonds is 4. The van der Waals surface area contributed by atoms with Gasteiger partial charge in [0.2, 0.25) is 11.4 Å². The first-order valence-electron chi connectivity index (χ1n) is 8.88. The molecule has 0 saturated heterocycles. The van der Waals surface area contributed by atoms with Gasteiger partial charge in [0.15, 0.2) is 17.8 Å². The van der Waals surface area contributed by atoms with Gasteiger partial charge in [0.25, 0.3) is 0 Å². The molecule has 1 aliphatic rings. The van der Waals surface area contributed by atoms with Gasteiger partial charge < -0.3 is 9.26 Å². The zero-order valence-corrected chi connectivity index (χ0v) is 15.1. The Kier molecular flexibility index (Phi) is 3.79. The minimum Gasteiger partial charge on any atom is -0.497 e. The van der Waals surface area contributed by atoms with Gasteiger partial charge in [0.05, 0.1) is 18.6 Å². The predicted molar refractivity (Wildman–Crippen MR) is 106 cm³/mol. The molecule has 136 valence electrons. The maximum atomic E-state index is 14.2. The summed E-state index contributed by atoms with van der Waals surface area (Å²) in [6.07, 6.45) is 3.82. The average Bonchev–Trinajstić information content (AvgIpc) is 3.12. The molecule has 1 aromatic heterocycles. The summed E-state index contributed by atoms with van der Waals surface area (Å²) in [5, 5.41) is 5.07. The normalized spacial score (nSPS) is 13.1. The number of benzene rings is 3. The fourth-order valence-electron chi connectivity index (χ4n) is 3.37. The molecule has 28 heavy (non-hydrogen) atoms. The van der Waals surface area contributed by atoms with Crippen molar-refractivity contribution < 1.29 is 18.2 Å². The lowest BCUT2D eigenvalue weighted by molar-refractivity contribution is -0.373. The first-order chi connectivity index (χ1) is 13.7. The summed E-state index contributed by atoms with van der Waals surface area (Å²) in [6, 6.07) is 20.3. The van der Waals surface area contributed by atoms with Crippen LogP contribution in [-0.4, -0.2) is 22.6 Å². The van der Waals surface area contributed by atoms with Crippen LogP contribution in [0.4, 0.5) is 10.1 Å². The van der Waals surface area contributed by atoms with Crippen LogP contribution in [0.5, 0.6) is 5.75 Å². The summed E-state index contributed by atoms with van der Waals surface area (Å²) < 4.78 is 26.8. The SMILES string of the molecule is COc1ccc(-c2onc3ccc(C4=[N+](c5ccccc5F)C=C4)cc23)cc1. The fraction of sp³-hybridized carbons (Fsp3) is 0.0435. The van der Waals surface area contributed by atoms with Crippen molar-refractivity contribution in [2.45, 2.75) is 0 Å². The van der Waals surface area contributed by atoms with Crippen molar-refractivity contribution in [2.75, 3.05) is 7.11 Å². The quantitative estimate of drug-likeness (QED) is 0.457. The Morgan fingerprint density at radius 3 is 2.46 bits per heavy atom. The van der Waals surface area contributed by atoms with Gasteiger partial charge in [-0.1, -0.05) is 17.3 Å². The highest BCUT2D eigenvalue weighted by molar-refractivity contribution is 6.10. The summed E-state index contributed by atoms with van der Waals surface area (Å²) in [5.74, 6) is 1.22. The number of ether oxygens (including phenoxy) is 1. The molecule has 0 N–H and O–H groups in total. The zero-order valence-electron chi connectivity index (χ0n) is 15.1. The maximum absolute atomic E-state index is 14.2. The lowest BCUT2D eigenvalue weighted by atomic mass is 10.0. The van der Waals surface area contributed by atoms with E-state index in [1.807, 2.05) is 65.4 Å². The van der Waals surface area contributed by atoms with E-state index in [0.717, 1.165) is 33.5 Å². The summed E-state index contributed by atoms with van der Waals surface area (Å²) >= 11 is 0. The molecule has 0 saturated carbocycles. The van der Waals surface area contributed by atoms with E-state index in [4.69, 9.17) is 9.26 Å². The molecule has 0 unspecified atom stereocenters. The predicted octanol–water partition coefficient (Wildman–Crippen LogP) is 5.30. The molecule has 4 aromatic rings. The summed E-state index contributed by atoms with van der Waals surface area (Å²) in [5.41, 5.74) is 4.11. The molecule has 0 atom stereocenters. The van der Waals surface area contributed by atoms with Crippen LogP contribution in [0.15, 0.2) is 83.5 Å². The van der Waals surface area contributed by atoms with Gasteiger partial charge in [-0.15, -0.1) is 0 Å². The monoisotopic (exact) mass is 371 g/mol. The van der Waals surface area contributed by atoms with Crippen molar-refractivity contribution in [1.29, 1.82) is 0 Å². The third-order valence-corrected chi connectivity index (χ3v) is 4.88. The van der Waals surface area contributed by atoms with Gasteiger partial charge in [-0.3, -0.25) is 0 Å². The van der Waals surface area contributed by atoms with E-state index in [1.165, 1.54) is 6.07 Å². The first-order valence-corrected chi connectivity index (χ1v) is 8.88. The van der Waals surface area contributed by atoms with Gasteiger partial charge in [0.1, 0.15) is 11.3 Å². The van der Waals surface area contributed by atoms with Crippen LogP contribution in [0.2, 0.25) is 0 Å². The van der Waals surface area contributed by atoms with Gasteiger partial charge in [-0.25, -0.2) is 0 Å². The number of nitrogens with zero attached hydrogens (tertiary/aromatic N) is 2. The molecule has 3 aromatic carbocycles. The molecule has 0 fully saturated rings. The van der Waals surface area contributed by atoms with E-state index in [0.29, 0.717) is 11.4 Å². The smallest absolute Gasteiger partial charge is 0.247 e. The summed E-state index contributed by atoms with van der Waals surface area (Å²) in [7, 11) is 1.63. The summed E-state index contributed by atoms with van der Waals surface area (Å²) in [4.78, 5) is 0. The van der Waals surface area contributed by atoms with E-state index >= 15 is 0 Å². The second-order valence-electron chi connectivity index (χ2n) is 6.49. The number of hydrogen-bond acceptors (Lipinski definition) is 3. The van der Waals surface area contributed by atoms with Crippen LogP contribution in [0.1, 0.15) is 5.56 Å². The topological polar surface area (TPSA) is 38.3 Å². The fourth-order valence-corrected chi connectivity index (χ4v) is 3.37. The Morgan fingerprint density at radius 2 is 1.75 bits per heavy atom. The van der Waals surface area contributed by atoms with Crippen LogP contribution in [0.25, 0.3) is 22.2 Å². The number of halogens is 1. The Balaban J connectivity index is 1.60. The molecule has 2 heterocycles. The second-order valence-corrected chi connectivity index (χ2v) is 6.49. The maximum Gasteiger partial charge on any atom is 0.247 e. The molecule has 0 bridgehead atoms. The molecule has 0 radical (unpaired) electrons. The standard InChI is InChI=1S/C23H16FN2O2/c1-27-17-9-6-15(7-10-17)23-18-14-16(8-11-20(18)25-28-23)21-12-13-26(21)22-5-3-2-4-19(22)24/h2-14H,1H3/q+1. The largest absolute Gasteiger partial charge is 0.497 e. The number of allylic oxidation sites excluding steroid dienone is 1. The highest BCUT2D eigenvalue weighted by Gasteiger charge is 2.27. The molecule has 1 aliphatic heterocycles. The molecular formula is C23H16FN2O2+. The number of aromatic nitrogens is 1. The van der Waals surface area contributed by atoms with Crippen LogP contribution in [-0.2, 0) is 0 Å². The Bertz CT molecular complexity index is 1250. The van der Waals surface area contributed by atoms with E-state index in [2.05, 4.69) is 5.16 Å². The second kappa shape index (κ2) is 6.46. The van der Waals surface area contributed by atoms with Gasteiger partial charge in [-0.05, 0) is 48.5 Å². The zero-order chi connectivity index (χ0) is 19.1. The van der Waals surface area contributed by atoms with Crippen LogP contribution >= 0.6 is 0 Å². The van der Waals surface area contributed by atoms with E-state index in [-0.39, 0.29) is 5.82 Å². The molecule has 0 amide bonds. The van der Waals surface area contributed by atoms with Crippen molar-refractivity contribution in [3.8, 4) is 17.1 Å². The van der Waals surface area contributed by atoms with Gasteiger partial charge >= 0.3 is 0 Å². The van der Waals surface area contributed by atoms with Crippen molar-refractivity contribution in [1.82, 2.24) is 5.16 Å². The third-order valence-electron chi connectivity index (χ3n) is 4.88. The van der Waals surface area contributed by atoms with E-state index < -0.39 is 0 Å². The van der Waals surface area contributed by atoms with Gasteiger partial charge in [0, 0.05) is 17.2 Å². The Labute approximate surface area is 160 Å². The lowest BCUT2D eigenvalue weighted by Crippen LogP contribution is -2.20. The average molecular weight is 371 g/mol.